The number of benzene rings is 1. The Morgan fingerprint density at radius 1 is 1.10 bits per heavy atom. The molecule has 29 heavy (non-hydrogen) atoms. The van der Waals surface area contributed by atoms with Crippen LogP contribution in [0.5, 0.6) is 0 Å². The van der Waals surface area contributed by atoms with Crippen molar-refractivity contribution < 1.29 is 28.5 Å². The lowest BCUT2D eigenvalue weighted by atomic mass is 10.1. The van der Waals surface area contributed by atoms with Crippen molar-refractivity contribution in [3.8, 4) is 0 Å². The van der Waals surface area contributed by atoms with Gasteiger partial charge in [0, 0.05) is 5.56 Å². The van der Waals surface area contributed by atoms with E-state index in [0.29, 0.717) is 24.5 Å². The van der Waals surface area contributed by atoms with E-state index in [1.165, 1.54) is 6.92 Å². The molecule has 1 aromatic rings. The van der Waals surface area contributed by atoms with Crippen molar-refractivity contribution in [2.45, 2.75) is 27.7 Å². The Balaban J connectivity index is 3.07. The smallest absolute Gasteiger partial charge is 0.362 e. The van der Waals surface area contributed by atoms with Crippen LogP contribution in [0.25, 0.3) is 0 Å². The van der Waals surface area contributed by atoms with Gasteiger partial charge in [-0.05, 0) is 63.8 Å². The van der Waals surface area contributed by atoms with Crippen LogP contribution in [0.3, 0.4) is 0 Å². The lowest BCUT2D eigenvalue weighted by Crippen LogP contribution is -2.09. The Morgan fingerprint density at radius 3 is 2.17 bits per heavy atom. The molecule has 11 heteroatoms. The van der Waals surface area contributed by atoms with Crippen LogP contribution in [0.2, 0.25) is 0 Å². The molecule has 0 amide bonds. The van der Waals surface area contributed by atoms with Crippen molar-refractivity contribution in [2.75, 3.05) is 25.6 Å². The second-order valence-electron chi connectivity index (χ2n) is 5.38. The molecule has 0 aliphatic carbocycles. The lowest BCUT2D eigenvalue weighted by Gasteiger charge is -2.19. The number of carbonyl (C=O) groups is 2. The quantitative estimate of drug-likeness (QED) is 0.111. The van der Waals surface area contributed by atoms with Gasteiger partial charge in [0.05, 0.1) is 31.3 Å². The summed E-state index contributed by atoms with van der Waals surface area (Å²) in [6.07, 6.45) is 0. The summed E-state index contributed by atoms with van der Waals surface area (Å²) in [4.78, 5) is 23.5. The molecule has 0 heterocycles. The SMILES string of the molecule is CCOC(=O)C(N=Nc1ccc(C(C)=O)cc1)=C(O)CSP(=S)(OCC)OCC. The topological polar surface area (TPSA) is 107 Å². The van der Waals surface area contributed by atoms with Crippen LogP contribution < -0.4 is 0 Å². The highest BCUT2D eigenvalue weighted by Gasteiger charge is 2.23. The standard InChI is InChI=1S/C18H25N2O6PS2/c1-5-24-18(23)17(16(22)12-29-27(28,25-6-2)26-7-3)20-19-15-10-8-14(9-11-15)13(4)21/h8-11,22H,5-7,12H2,1-4H3. The first-order chi connectivity index (χ1) is 13.8. The van der Waals surface area contributed by atoms with Crippen molar-refractivity contribution >= 4 is 46.3 Å². The molecule has 0 bridgehead atoms. The van der Waals surface area contributed by atoms with Crippen LogP contribution >= 0.6 is 17.1 Å². The average molecular weight is 461 g/mol. The Bertz CT molecular complexity index is 801. The Hall–Kier alpha value is -1.58. The van der Waals surface area contributed by atoms with Gasteiger partial charge in [0.15, 0.2) is 5.78 Å². The molecule has 0 aliphatic rings. The summed E-state index contributed by atoms with van der Waals surface area (Å²) in [5.41, 5.74) is -2.04. The summed E-state index contributed by atoms with van der Waals surface area (Å²) in [6, 6.07) is 6.36. The van der Waals surface area contributed by atoms with Gasteiger partial charge in [0.25, 0.3) is 0 Å². The van der Waals surface area contributed by atoms with E-state index < -0.39 is 11.7 Å². The molecule has 1 N–H and O–H groups in total. The molecular weight excluding hydrogens is 435 g/mol. The molecule has 0 aromatic heterocycles. The number of esters is 1. The molecule has 160 valence electrons. The Labute approximate surface area is 179 Å². The van der Waals surface area contributed by atoms with Crippen LogP contribution in [0.1, 0.15) is 38.1 Å². The Kier molecular flexibility index (Phi) is 11.3. The minimum Gasteiger partial charge on any atom is -0.509 e. The van der Waals surface area contributed by atoms with Gasteiger partial charge in [0.2, 0.25) is 11.4 Å². The summed E-state index contributed by atoms with van der Waals surface area (Å²) in [7, 11) is 0. The molecule has 0 saturated carbocycles. The largest absolute Gasteiger partial charge is 0.509 e. The third-order valence-corrected chi connectivity index (χ3v) is 8.63. The van der Waals surface area contributed by atoms with E-state index in [2.05, 4.69) is 10.2 Å². The monoisotopic (exact) mass is 460 g/mol. The van der Waals surface area contributed by atoms with Crippen LogP contribution in [-0.4, -0.2) is 42.4 Å². The summed E-state index contributed by atoms with van der Waals surface area (Å²) in [5, 5.41) is 18.2. The van der Waals surface area contributed by atoms with Gasteiger partial charge in [-0.2, -0.15) is 5.11 Å². The van der Waals surface area contributed by atoms with Gasteiger partial charge in [-0.1, -0.05) is 11.4 Å². The zero-order valence-electron chi connectivity index (χ0n) is 16.8. The van der Waals surface area contributed by atoms with Crippen molar-refractivity contribution in [1.29, 1.82) is 0 Å². The number of aliphatic hydroxyl groups is 1. The molecule has 0 fully saturated rings. The fourth-order valence-corrected chi connectivity index (χ4v) is 6.22. The third kappa shape index (κ3) is 8.76. The average Bonchev–Trinajstić information content (AvgIpc) is 2.67. The van der Waals surface area contributed by atoms with Gasteiger partial charge >= 0.3 is 5.97 Å². The molecule has 0 unspecified atom stereocenters. The van der Waals surface area contributed by atoms with Gasteiger partial charge in [-0.15, -0.1) is 5.11 Å². The predicted octanol–water partition coefficient (Wildman–Crippen LogP) is 5.34. The second-order valence-corrected chi connectivity index (χ2v) is 11.7. The molecular formula is C18H25N2O6PS2. The number of azo groups is 1. The number of carbonyl (C=O) groups excluding carboxylic acids is 2. The molecule has 0 spiro atoms. The van der Waals surface area contributed by atoms with E-state index in [9.17, 15) is 14.7 Å². The molecule has 8 nitrogen and oxygen atoms in total. The summed E-state index contributed by atoms with van der Waals surface area (Å²) in [5.74, 6) is -1.27. The number of ether oxygens (including phenoxy) is 1. The van der Waals surface area contributed by atoms with E-state index in [0.717, 1.165) is 11.4 Å². The molecule has 0 aliphatic heterocycles. The zero-order valence-corrected chi connectivity index (χ0v) is 19.3. The summed E-state index contributed by atoms with van der Waals surface area (Å²) in [6.45, 7) is 7.55. The van der Waals surface area contributed by atoms with E-state index in [4.69, 9.17) is 25.6 Å². The highest BCUT2D eigenvalue weighted by atomic mass is 32.9. The molecule has 0 atom stereocenters. The van der Waals surface area contributed by atoms with Crippen molar-refractivity contribution in [2.24, 2.45) is 10.2 Å². The van der Waals surface area contributed by atoms with Crippen LogP contribution in [0.15, 0.2) is 46.0 Å². The molecule has 0 saturated heterocycles. The third-order valence-electron chi connectivity index (χ3n) is 3.22. The highest BCUT2D eigenvalue weighted by molar-refractivity contribution is 8.67. The van der Waals surface area contributed by atoms with Crippen LogP contribution in [0.4, 0.5) is 5.69 Å². The fraction of sp³-hybridized carbons (Fsp3) is 0.444. The van der Waals surface area contributed by atoms with Crippen molar-refractivity contribution in [1.82, 2.24) is 0 Å². The number of rotatable bonds is 12. The second kappa shape index (κ2) is 12.9. The number of aliphatic hydroxyl groups excluding tert-OH is 1. The lowest BCUT2D eigenvalue weighted by molar-refractivity contribution is -0.138. The van der Waals surface area contributed by atoms with Gasteiger partial charge in [-0.25, -0.2) is 4.79 Å². The first-order valence-electron chi connectivity index (χ1n) is 8.91. The maximum Gasteiger partial charge on any atom is 0.362 e. The van der Waals surface area contributed by atoms with Crippen LogP contribution in [-0.2, 0) is 30.4 Å². The number of hydrogen-bond acceptors (Lipinski definition) is 10. The zero-order chi connectivity index (χ0) is 21.9. The first kappa shape index (κ1) is 25.5. The van der Waals surface area contributed by atoms with Gasteiger partial charge in [0.1, 0.15) is 5.76 Å². The van der Waals surface area contributed by atoms with E-state index >= 15 is 0 Å². The highest BCUT2D eigenvalue weighted by Crippen LogP contribution is 2.61. The summed E-state index contributed by atoms with van der Waals surface area (Å²) < 4.78 is 16.0. The van der Waals surface area contributed by atoms with Crippen LogP contribution in [0, 0.1) is 0 Å². The van der Waals surface area contributed by atoms with Crippen molar-refractivity contribution in [3.05, 3.63) is 41.3 Å². The normalized spacial score (nSPS) is 12.7. The number of ketones is 1. The molecule has 1 rings (SSSR count). The van der Waals surface area contributed by atoms with E-state index in [-0.39, 0.29) is 29.6 Å². The van der Waals surface area contributed by atoms with E-state index in [1.807, 2.05) is 0 Å². The maximum absolute atomic E-state index is 12.2. The van der Waals surface area contributed by atoms with Gasteiger partial charge < -0.3 is 18.9 Å². The molecule has 1 aromatic carbocycles. The van der Waals surface area contributed by atoms with Gasteiger partial charge in [-0.3, -0.25) is 4.79 Å². The predicted molar refractivity (Wildman–Crippen MR) is 117 cm³/mol. The Morgan fingerprint density at radius 2 is 1.69 bits per heavy atom. The maximum atomic E-state index is 12.2. The minimum atomic E-state index is -2.65. The number of Topliss-reactive ketones (excluding diaryl/α,β-unsaturated/α-hetero) is 1. The summed E-state index contributed by atoms with van der Waals surface area (Å²) >= 11 is 6.49. The fourth-order valence-electron chi connectivity index (χ4n) is 1.92. The number of nitrogens with zero attached hydrogens (tertiary/aromatic N) is 2. The minimum absolute atomic E-state index is 0.0479. The van der Waals surface area contributed by atoms with E-state index in [1.54, 1.807) is 45.0 Å². The number of hydrogen-bond donors (Lipinski definition) is 1. The molecule has 0 radical (unpaired) electrons. The first-order valence-corrected chi connectivity index (χ1v) is 13.1. The van der Waals surface area contributed by atoms with Crippen molar-refractivity contribution in [3.63, 3.8) is 0 Å².